The van der Waals surface area contributed by atoms with Crippen LogP contribution in [0.4, 0.5) is 5.13 Å². The van der Waals surface area contributed by atoms with E-state index in [0.717, 1.165) is 22.4 Å². The summed E-state index contributed by atoms with van der Waals surface area (Å²) in [5.74, 6) is 0.0257. The van der Waals surface area contributed by atoms with Gasteiger partial charge in [-0.15, -0.1) is 11.3 Å². The number of carbonyl (C=O) groups is 2. The highest BCUT2D eigenvalue weighted by Crippen LogP contribution is 2.26. The number of benzene rings is 2. The van der Waals surface area contributed by atoms with E-state index in [0.29, 0.717) is 23.2 Å². The molecule has 0 fully saturated rings. The first-order valence-corrected chi connectivity index (χ1v) is 11.6. The zero-order chi connectivity index (χ0) is 23.9. The molecule has 0 saturated carbocycles. The third kappa shape index (κ3) is 6.05. The summed E-state index contributed by atoms with van der Waals surface area (Å²) in [5.41, 5.74) is 4.15. The summed E-state index contributed by atoms with van der Waals surface area (Å²) in [5, 5.41) is 8.10. The lowest BCUT2D eigenvalue weighted by Gasteiger charge is -2.13. The van der Waals surface area contributed by atoms with Gasteiger partial charge in [0.1, 0.15) is 6.61 Å². The molecule has 2 aromatic heterocycles. The van der Waals surface area contributed by atoms with Crippen LogP contribution in [0.3, 0.4) is 0 Å². The molecule has 7 nitrogen and oxygen atoms in total. The van der Waals surface area contributed by atoms with Gasteiger partial charge in [0.25, 0.3) is 5.91 Å². The highest BCUT2D eigenvalue weighted by Gasteiger charge is 2.12. The van der Waals surface area contributed by atoms with Crippen molar-refractivity contribution in [2.24, 2.45) is 0 Å². The first-order chi connectivity index (χ1) is 16.5. The van der Waals surface area contributed by atoms with Crippen LogP contribution in [0.5, 0.6) is 5.88 Å². The standard InChI is InChI=1S/C26H24N4O3S/c1-17(28-18(2)31)20-8-10-21(11-9-20)23-16-34-26(29-23)30-25(32)22-12-13-27-24(14-22)33-15-19-6-4-3-5-7-19/h3-14,16-17H,15H2,1-2H3,(H,28,31)(H,29,30,32). The molecule has 2 heterocycles. The van der Waals surface area contributed by atoms with Crippen LogP contribution in [0, 0.1) is 0 Å². The Bertz CT molecular complexity index is 1270. The van der Waals surface area contributed by atoms with Crippen LogP contribution >= 0.6 is 11.3 Å². The fourth-order valence-electron chi connectivity index (χ4n) is 3.32. The molecule has 0 aliphatic carbocycles. The number of amides is 2. The van der Waals surface area contributed by atoms with Crippen molar-refractivity contribution >= 4 is 28.3 Å². The molecule has 4 aromatic rings. The van der Waals surface area contributed by atoms with Crippen molar-refractivity contribution in [3.8, 4) is 17.1 Å². The SMILES string of the molecule is CC(=O)NC(C)c1ccc(-c2csc(NC(=O)c3ccnc(OCc4ccccc4)c3)n2)cc1. The van der Waals surface area contributed by atoms with Crippen molar-refractivity contribution in [3.63, 3.8) is 0 Å². The second kappa shape index (κ2) is 10.7. The van der Waals surface area contributed by atoms with Crippen LogP contribution in [-0.4, -0.2) is 21.8 Å². The third-order valence-corrected chi connectivity index (χ3v) is 5.84. The molecule has 1 unspecified atom stereocenters. The molecule has 2 N–H and O–H groups in total. The molecule has 0 bridgehead atoms. The number of nitrogens with zero attached hydrogens (tertiary/aromatic N) is 2. The Morgan fingerprint density at radius 2 is 1.82 bits per heavy atom. The van der Waals surface area contributed by atoms with Gasteiger partial charge in [0.2, 0.25) is 11.8 Å². The Labute approximate surface area is 201 Å². The maximum atomic E-state index is 12.7. The van der Waals surface area contributed by atoms with Crippen molar-refractivity contribution in [2.75, 3.05) is 5.32 Å². The van der Waals surface area contributed by atoms with Crippen molar-refractivity contribution in [1.82, 2.24) is 15.3 Å². The van der Waals surface area contributed by atoms with Gasteiger partial charge in [0.05, 0.1) is 11.7 Å². The second-order valence-electron chi connectivity index (χ2n) is 7.69. The van der Waals surface area contributed by atoms with Crippen LogP contribution in [0.1, 0.15) is 41.4 Å². The average molecular weight is 473 g/mol. The van der Waals surface area contributed by atoms with Gasteiger partial charge in [-0.1, -0.05) is 54.6 Å². The third-order valence-electron chi connectivity index (χ3n) is 5.08. The van der Waals surface area contributed by atoms with Crippen molar-refractivity contribution < 1.29 is 14.3 Å². The van der Waals surface area contributed by atoms with Gasteiger partial charge in [0.15, 0.2) is 5.13 Å². The number of hydrogen-bond donors (Lipinski definition) is 2. The normalized spacial score (nSPS) is 11.5. The summed E-state index contributed by atoms with van der Waals surface area (Å²) in [4.78, 5) is 32.7. The Hall–Kier alpha value is -4.04. The van der Waals surface area contributed by atoms with E-state index in [1.54, 1.807) is 18.3 Å². The highest BCUT2D eigenvalue weighted by molar-refractivity contribution is 7.14. The Kier molecular flexibility index (Phi) is 7.29. The first-order valence-electron chi connectivity index (χ1n) is 10.7. The summed E-state index contributed by atoms with van der Waals surface area (Å²) in [6, 6.07) is 20.8. The smallest absolute Gasteiger partial charge is 0.257 e. The zero-order valence-electron chi connectivity index (χ0n) is 18.8. The molecule has 8 heteroatoms. The number of hydrogen-bond acceptors (Lipinski definition) is 6. The fraction of sp³-hybridized carbons (Fsp3) is 0.154. The predicted octanol–water partition coefficient (Wildman–Crippen LogP) is 5.23. The molecule has 0 saturated heterocycles. The molecular weight excluding hydrogens is 448 g/mol. The summed E-state index contributed by atoms with van der Waals surface area (Å²) in [7, 11) is 0. The quantitative estimate of drug-likeness (QED) is 0.366. The number of anilines is 1. The van der Waals surface area contributed by atoms with Gasteiger partial charge in [-0.3, -0.25) is 14.9 Å². The maximum Gasteiger partial charge on any atom is 0.257 e. The van der Waals surface area contributed by atoms with Crippen LogP contribution in [-0.2, 0) is 11.4 Å². The van der Waals surface area contributed by atoms with Crippen molar-refractivity contribution in [1.29, 1.82) is 0 Å². The number of thiazole rings is 1. The average Bonchev–Trinajstić information content (AvgIpc) is 3.32. The van der Waals surface area contributed by atoms with E-state index in [9.17, 15) is 9.59 Å². The van der Waals surface area contributed by atoms with Gasteiger partial charge in [-0.05, 0) is 24.1 Å². The molecule has 0 aliphatic rings. The molecule has 0 radical (unpaired) electrons. The highest BCUT2D eigenvalue weighted by atomic mass is 32.1. The Morgan fingerprint density at radius 1 is 1.06 bits per heavy atom. The minimum Gasteiger partial charge on any atom is -0.473 e. The minimum atomic E-state index is -0.285. The fourth-order valence-corrected chi connectivity index (χ4v) is 4.04. The van der Waals surface area contributed by atoms with E-state index < -0.39 is 0 Å². The molecule has 0 spiro atoms. The lowest BCUT2D eigenvalue weighted by Crippen LogP contribution is -2.23. The number of pyridine rings is 1. The molecule has 34 heavy (non-hydrogen) atoms. The Balaban J connectivity index is 1.38. The zero-order valence-corrected chi connectivity index (χ0v) is 19.6. The lowest BCUT2D eigenvalue weighted by atomic mass is 10.1. The van der Waals surface area contributed by atoms with Crippen molar-refractivity contribution in [2.45, 2.75) is 26.5 Å². The lowest BCUT2D eigenvalue weighted by molar-refractivity contribution is -0.119. The van der Waals surface area contributed by atoms with E-state index in [1.165, 1.54) is 18.3 Å². The van der Waals surface area contributed by atoms with Crippen LogP contribution in [0.25, 0.3) is 11.3 Å². The molecule has 2 amide bonds. The second-order valence-corrected chi connectivity index (χ2v) is 8.55. The van der Waals surface area contributed by atoms with E-state index in [4.69, 9.17) is 4.74 Å². The maximum absolute atomic E-state index is 12.7. The molecule has 2 aromatic carbocycles. The summed E-state index contributed by atoms with van der Waals surface area (Å²) in [6.45, 7) is 3.81. The molecule has 172 valence electrons. The van der Waals surface area contributed by atoms with Gasteiger partial charge >= 0.3 is 0 Å². The van der Waals surface area contributed by atoms with Crippen LogP contribution in [0.2, 0.25) is 0 Å². The molecule has 0 aliphatic heterocycles. The number of rotatable bonds is 8. The summed E-state index contributed by atoms with van der Waals surface area (Å²) < 4.78 is 5.72. The molecule has 1 atom stereocenters. The first kappa shape index (κ1) is 23.1. The van der Waals surface area contributed by atoms with Gasteiger partial charge < -0.3 is 10.1 Å². The Morgan fingerprint density at radius 3 is 2.56 bits per heavy atom. The summed E-state index contributed by atoms with van der Waals surface area (Å²) in [6.07, 6.45) is 1.55. The van der Waals surface area contributed by atoms with E-state index in [1.807, 2.05) is 66.9 Å². The van der Waals surface area contributed by atoms with Gasteiger partial charge in [0, 0.05) is 35.7 Å². The predicted molar refractivity (Wildman–Crippen MR) is 133 cm³/mol. The number of ether oxygens (including phenoxy) is 1. The van der Waals surface area contributed by atoms with Gasteiger partial charge in [-0.2, -0.15) is 0 Å². The number of nitrogens with one attached hydrogen (secondary N) is 2. The monoisotopic (exact) mass is 472 g/mol. The molecular formula is C26H24N4O3S. The number of carbonyl (C=O) groups excluding carboxylic acids is 2. The largest absolute Gasteiger partial charge is 0.473 e. The minimum absolute atomic E-state index is 0.0689. The van der Waals surface area contributed by atoms with E-state index in [2.05, 4.69) is 20.6 Å². The molecule has 4 rings (SSSR count). The topological polar surface area (TPSA) is 93.2 Å². The van der Waals surface area contributed by atoms with Crippen LogP contribution in [0.15, 0.2) is 78.3 Å². The van der Waals surface area contributed by atoms with Crippen molar-refractivity contribution in [3.05, 3.63) is 95.0 Å². The van der Waals surface area contributed by atoms with E-state index >= 15 is 0 Å². The van der Waals surface area contributed by atoms with Crippen LogP contribution < -0.4 is 15.4 Å². The van der Waals surface area contributed by atoms with E-state index in [-0.39, 0.29) is 17.9 Å². The summed E-state index contributed by atoms with van der Waals surface area (Å²) >= 11 is 1.35. The number of aromatic nitrogens is 2. The van der Waals surface area contributed by atoms with Gasteiger partial charge in [-0.25, -0.2) is 9.97 Å².